The Morgan fingerprint density at radius 1 is 1.05 bits per heavy atom. The van der Waals surface area contributed by atoms with E-state index in [0.717, 1.165) is 10.9 Å². The summed E-state index contributed by atoms with van der Waals surface area (Å²) in [6.07, 6.45) is 1.49. The van der Waals surface area contributed by atoms with Crippen LogP contribution in [0.5, 0.6) is 5.75 Å². The molecule has 0 saturated carbocycles. The van der Waals surface area contributed by atoms with E-state index in [4.69, 9.17) is 9.15 Å². The molecule has 1 fully saturated rings. The second-order valence-electron chi connectivity index (χ2n) is 9.40. The van der Waals surface area contributed by atoms with Crippen LogP contribution in [-0.4, -0.2) is 74.2 Å². The van der Waals surface area contributed by atoms with E-state index in [0.29, 0.717) is 61.1 Å². The molecular formula is C28H27N7O4. The molecular weight excluding hydrogens is 498 g/mol. The predicted octanol–water partition coefficient (Wildman–Crippen LogP) is 2.71. The maximum atomic E-state index is 13.5. The summed E-state index contributed by atoms with van der Waals surface area (Å²) in [6, 6.07) is 20.2. The Morgan fingerprint density at radius 3 is 2.62 bits per heavy atom. The number of aromatic amines is 1. The van der Waals surface area contributed by atoms with Crippen molar-refractivity contribution in [3.63, 3.8) is 0 Å². The molecule has 1 N–H and O–H groups in total. The lowest BCUT2D eigenvalue weighted by molar-refractivity contribution is 0.0558. The quantitative estimate of drug-likeness (QED) is 0.344. The number of methoxy groups -OCH3 is 1. The number of amides is 1. The van der Waals surface area contributed by atoms with Crippen molar-refractivity contribution in [1.29, 1.82) is 0 Å². The predicted molar refractivity (Wildman–Crippen MR) is 143 cm³/mol. The van der Waals surface area contributed by atoms with Crippen molar-refractivity contribution >= 4 is 16.8 Å². The van der Waals surface area contributed by atoms with Crippen LogP contribution in [0.2, 0.25) is 0 Å². The summed E-state index contributed by atoms with van der Waals surface area (Å²) in [7, 11) is 1.59. The van der Waals surface area contributed by atoms with Crippen LogP contribution in [0.1, 0.15) is 33.5 Å². The summed E-state index contributed by atoms with van der Waals surface area (Å²) >= 11 is 0. The Morgan fingerprint density at radius 2 is 1.87 bits per heavy atom. The Labute approximate surface area is 223 Å². The summed E-state index contributed by atoms with van der Waals surface area (Å²) < 4.78 is 12.4. The van der Waals surface area contributed by atoms with Crippen molar-refractivity contribution in [3.05, 3.63) is 106 Å². The Balaban J connectivity index is 1.37. The van der Waals surface area contributed by atoms with Gasteiger partial charge in [0.1, 0.15) is 11.8 Å². The molecule has 3 aromatic heterocycles. The fraction of sp³-hybridized carbons (Fsp3) is 0.250. The molecule has 39 heavy (non-hydrogen) atoms. The number of hydrogen-bond donors (Lipinski definition) is 1. The van der Waals surface area contributed by atoms with Crippen molar-refractivity contribution in [2.24, 2.45) is 0 Å². The van der Waals surface area contributed by atoms with E-state index >= 15 is 0 Å². The fourth-order valence-corrected chi connectivity index (χ4v) is 5.04. The first kappa shape index (κ1) is 24.6. The molecule has 11 nitrogen and oxygen atoms in total. The number of nitrogens with zero attached hydrogens (tertiary/aromatic N) is 6. The third kappa shape index (κ3) is 4.91. The molecule has 198 valence electrons. The van der Waals surface area contributed by atoms with Crippen LogP contribution in [0.4, 0.5) is 0 Å². The highest BCUT2D eigenvalue weighted by molar-refractivity contribution is 5.91. The average molecular weight is 526 g/mol. The number of tetrazole rings is 1. The number of hydrogen-bond acceptors (Lipinski definition) is 8. The minimum Gasteiger partial charge on any atom is -0.497 e. The molecule has 4 heterocycles. The number of fused-ring (bicyclic) bond motifs is 1. The van der Waals surface area contributed by atoms with Crippen LogP contribution < -0.4 is 10.3 Å². The number of ether oxygens (including phenoxy) is 1. The van der Waals surface area contributed by atoms with Gasteiger partial charge in [0.15, 0.2) is 11.6 Å². The third-order valence-corrected chi connectivity index (χ3v) is 7.05. The van der Waals surface area contributed by atoms with E-state index in [2.05, 4.69) is 25.4 Å². The van der Waals surface area contributed by atoms with Gasteiger partial charge >= 0.3 is 0 Å². The molecule has 0 bridgehead atoms. The molecule has 5 aromatic rings. The molecule has 1 saturated heterocycles. The van der Waals surface area contributed by atoms with E-state index in [1.165, 1.54) is 6.26 Å². The molecule has 0 unspecified atom stereocenters. The number of carbonyl (C=O) groups is 1. The monoisotopic (exact) mass is 525 g/mol. The van der Waals surface area contributed by atoms with Crippen LogP contribution in [0.3, 0.4) is 0 Å². The summed E-state index contributed by atoms with van der Waals surface area (Å²) in [5.41, 5.74) is 2.02. The van der Waals surface area contributed by atoms with E-state index in [1.54, 1.807) is 34.9 Å². The molecule has 1 aliphatic rings. The van der Waals surface area contributed by atoms with Crippen LogP contribution in [0.15, 0.2) is 82.2 Å². The number of rotatable bonds is 7. The maximum Gasteiger partial charge on any atom is 0.289 e. The lowest BCUT2D eigenvalue weighted by Crippen LogP contribution is -2.50. The Kier molecular flexibility index (Phi) is 6.64. The highest BCUT2D eigenvalue weighted by atomic mass is 16.5. The first-order valence-corrected chi connectivity index (χ1v) is 12.7. The smallest absolute Gasteiger partial charge is 0.289 e. The van der Waals surface area contributed by atoms with Crippen LogP contribution >= 0.6 is 0 Å². The summed E-state index contributed by atoms with van der Waals surface area (Å²) in [5.74, 6) is 1.38. The summed E-state index contributed by atoms with van der Waals surface area (Å²) in [5, 5.41) is 13.5. The standard InChI is InChI=1S/C28H27N7O4/c1-38-21-10-9-20-16-22(27(36)29-23(20)17-21)25(26-30-31-32-35(26)18-19-6-3-2-4-7-19)33-11-13-34(14-12-33)28(37)24-8-5-15-39-24/h2-10,15-17,25H,11-14,18H2,1H3,(H,29,36)/t25-/m0/s1. The Hall–Kier alpha value is -4.77. The van der Waals surface area contributed by atoms with Gasteiger partial charge in [-0.05, 0) is 51.7 Å². The molecule has 0 radical (unpaired) electrons. The van der Waals surface area contributed by atoms with E-state index in [-0.39, 0.29) is 11.5 Å². The van der Waals surface area contributed by atoms with Gasteiger partial charge in [-0.15, -0.1) is 5.10 Å². The fourth-order valence-electron chi connectivity index (χ4n) is 5.04. The van der Waals surface area contributed by atoms with Gasteiger partial charge < -0.3 is 19.0 Å². The topological polar surface area (TPSA) is 122 Å². The van der Waals surface area contributed by atoms with E-state index in [9.17, 15) is 9.59 Å². The van der Waals surface area contributed by atoms with Crippen molar-refractivity contribution in [1.82, 2.24) is 35.0 Å². The van der Waals surface area contributed by atoms with Gasteiger partial charge in [0, 0.05) is 37.8 Å². The highest BCUT2D eigenvalue weighted by Crippen LogP contribution is 2.29. The molecule has 2 aromatic carbocycles. The number of benzene rings is 2. The van der Waals surface area contributed by atoms with Crippen molar-refractivity contribution in [2.45, 2.75) is 12.6 Å². The van der Waals surface area contributed by atoms with Crippen LogP contribution in [0, 0.1) is 0 Å². The van der Waals surface area contributed by atoms with Crippen molar-refractivity contribution in [3.8, 4) is 5.75 Å². The SMILES string of the molecule is COc1ccc2cc([C@@H](c3nnnn3Cc3ccccc3)N3CCN(C(=O)c4ccco4)CC3)c(=O)[nH]c2c1. The largest absolute Gasteiger partial charge is 0.497 e. The lowest BCUT2D eigenvalue weighted by atomic mass is 10.0. The number of pyridine rings is 1. The molecule has 11 heteroatoms. The highest BCUT2D eigenvalue weighted by Gasteiger charge is 2.34. The van der Waals surface area contributed by atoms with Gasteiger partial charge in [-0.1, -0.05) is 30.3 Å². The summed E-state index contributed by atoms with van der Waals surface area (Å²) in [6.45, 7) is 2.45. The lowest BCUT2D eigenvalue weighted by Gasteiger charge is -2.38. The second-order valence-corrected chi connectivity index (χ2v) is 9.40. The molecule has 1 atom stereocenters. The van der Waals surface area contributed by atoms with Gasteiger partial charge in [-0.2, -0.15) is 0 Å². The zero-order valence-corrected chi connectivity index (χ0v) is 21.4. The average Bonchev–Trinajstić information content (AvgIpc) is 3.67. The third-order valence-electron chi connectivity index (χ3n) is 7.05. The van der Waals surface area contributed by atoms with E-state index < -0.39 is 6.04 Å². The van der Waals surface area contributed by atoms with Gasteiger partial charge in [0.25, 0.3) is 11.5 Å². The minimum absolute atomic E-state index is 0.150. The molecule has 1 amide bonds. The maximum absolute atomic E-state index is 13.5. The first-order chi connectivity index (χ1) is 19.1. The zero-order valence-electron chi connectivity index (χ0n) is 21.4. The number of piperazine rings is 1. The number of aromatic nitrogens is 5. The molecule has 1 aliphatic heterocycles. The van der Waals surface area contributed by atoms with Gasteiger partial charge in [0.05, 0.1) is 25.4 Å². The van der Waals surface area contributed by atoms with Crippen molar-refractivity contribution in [2.75, 3.05) is 33.3 Å². The van der Waals surface area contributed by atoms with Gasteiger partial charge in [0.2, 0.25) is 0 Å². The molecule has 6 rings (SSSR count). The zero-order chi connectivity index (χ0) is 26.8. The summed E-state index contributed by atoms with van der Waals surface area (Å²) in [4.78, 5) is 33.3. The van der Waals surface area contributed by atoms with Gasteiger partial charge in [-0.3, -0.25) is 14.5 Å². The Bertz CT molecular complexity index is 1640. The molecule has 0 aliphatic carbocycles. The van der Waals surface area contributed by atoms with Crippen molar-refractivity contribution < 1.29 is 13.9 Å². The molecule has 0 spiro atoms. The number of nitrogens with one attached hydrogen (secondary N) is 1. The minimum atomic E-state index is -0.528. The van der Waals surface area contributed by atoms with Crippen LogP contribution in [-0.2, 0) is 6.54 Å². The first-order valence-electron chi connectivity index (χ1n) is 12.7. The number of furan rings is 1. The van der Waals surface area contributed by atoms with Crippen LogP contribution in [0.25, 0.3) is 10.9 Å². The van der Waals surface area contributed by atoms with E-state index in [1.807, 2.05) is 48.5 Å². The second kappa shape index (κ2) is 10.5. The number of carbonyl (C=O) groups excluding carboxylic acids is 1. The normalized spacial score (nSPS) is 14.9. The number of H-pyrrole nitrogens is 1. The van der Waals surface area contributed by atoms with Gasteiger partial charge in [-0.25, -0.2) is 4.68 Å².